The summed E-state index contributed by atoms with van der Waals surface area (Å²) in [4.78, 5) is 12.0. The van der Waals surface area contributed by atoms with E-state index in [9.17, 15) is 26.7 Å². The zero-order valence-electron chi connectivity index (χ0n) is 14.1. The molecular weight excluding hydrogens is 379 g/mol. The molecule has 2 nitrogen and oxygen atoms in total. The Bertz CT molecular complexity index is 1020. The lowest BCUT2D eigenvalue weighted by molar-refractivity contribution is 0.0716. The van der Waals surface area contributed by atoms with Crippen LogP contribution in [-0.2, 0) is 0 Å². The monoisotopic (exact) mass is 390 g/mol. The number of halogens is 5. The van der Waals surface area contributed by atoms with E-state index in [1.807, 2.05) is 36.4 Å². The van der Waals surface area contributed by atoms with Crippen molar-refractivity contribution in [1.29, 1.82) is 0 Å². The second-order valence-electron chi connectivity index (χ2n) is 5.65. The summed E-state index contributed by atoms with van der Waals surface area (Å²) in [6.07, 6.45) is 3.61. The molecule has 0 amide bonds. The molecule has 0 N–H and O–H groups in total. The fraction of sp³-hybridized carbons (Fsp3) is 0. The number of carbonyl (C=O) groups excluding carboxylic acids is 1. The van der Waals surface area contributed by atoms with Crippen molar-refractivity contribution in [2.75, 3.05) is 0 Å². The fourth-order valence-corrected chi connectivity index (χ4v) is 2.31. The van der Waals surface area contributed by atoms with Gasteiger partial charge >= 0.3 is 5.97 Å². The van der Waals surface area contributed by atoms with Crippen LogP contribution in [-0.4, -0.2) is 5.97 Å². The average Bonchev–Trinajstić information content (AvgIpc) is 2.73. The van der Waals surface area contributed by atoms with Gasteiger partial charge in [-0.2, -0.15) is 8.78 Å². The van der Waals surface area contributed by atoms with Gasteiger partial charge in [0.05, 0.1) is 5.56 Å². The van der Waals surface area contributed by atoms with E-state index in [0.717, 1.165) is 11.1 Å². The van der Waals surface area contributed by atoms with E-state index >= 15 is 0 Å². The zero-order valence-corrected chi connectivity index (χ0v) is 14.1. The maximum atomic E-state index is 13.6. The minimum atomic E-state index is -2.33. The van der Waals surface area contributed by atoms with Crippen molar-refractivity contribution in [1.82, 2.24) is 0 Å². The molecule has 3 rings (SSSR count). The van der Waals surface area contributed by atoms with Crippen molar-refractivity contribution >= 4 is 18.1 Å². The minimum absolute atomic E-state index is 0.124. The first-order valence-corrected chi connectivity index (χ1v) is 7.95. The van der Waals surface area contributed by atoms with Gasteiger partial charge in [-0.15, -0.1) is 0 Å². The summed E-state index contributed by atoms with van der Waals surface area (Å²) in [5, 5.41) is 0. The molecule has 0 unspecified atom stereocenters. The highest BCUT2D eigenvalue weighted by atomic mass is 19.2. The molecule has 0 spiro atoms. The highest BCUT2D eigenvalue weighted by Gasteiger charge is 2.28. The molecule has 0 aliphatic rings. The molecule has 3 aromatic carbocycles. The van der Waals surface area contributed by atoms with Gasteiger partial charge in [-0.25, -0.2) is 18.0 Å². The molecule has 0 heterocycles. The van der Waals surface area contributed by atoms with Gasteiger partial charge in [0.2, 0.25) is 34.8 Å². The topological polar surface area (TPSA) is 26.3 Å². The van der Waals surface area contributed by atoms with Crippen molar-refractivity contribution in [3.63, 3.8) is 0 Å². The highest BCUT2D eigenvalue weighted by Crippen LogP contribution is 2.29. The van der Waals surface area contributed by atoms with E-state index in [2.05, 4.69) is 4.74 Å². The predicted molar refractivity (Wildman–Crippen MR) is 93.0 cm³/mol. The van der Waals surface area contributed by atoms with Gasteiger partial charge in [-0.3, -0.25) is 0 Å². The number of benzene rings is 3. The maximum Gasteiger partial charge on any atom is 0.343 e. The summed E-state index contributed by atoms with van der Waals surface area (Å²) < 4.78 is 71.0. The number of carbonyl (C=O) groups is 1. The van der Waals surface area contributed by atoms with Crippen molar-refractivity contribution in [2.24, 2.45) is 0 Å². The summed E-state index contributed by atoms with van der Waals surface area (Å²) in [6, 6.07) is 15.1. The maximum absolute atomic E-state index is 13.6. The Morgan fingerprint density at radius 1 is 0.643 bits per heavy atom. The van der Waals surface area contributed by atoms with Crippen LogP contribution in [0.1, 0.15) is 21.5 Å². The number of hydrogen-bond donors (Lipinski definition) is 0. The van der Waals surface area contributed by atoms with Crippen LogP contribution in [0.15, 0.2) is 54.6 Å². The van der Waals surface area contributed by atoms with Crippen LogP contribution < -0.4 is 4.74 Å². The number of hydrogen-bond acceptors (Lipinski definition) is 2. The standard InChI is InChI=1S/C21H11F5O2/c22-15-16(23)18(25)20(19(26)17(15)24)28-21(27)14-10-8-13(9-11-14)7-6-12-4-2-1-3-5-12/h1-11H/b7-6+. The molecule has 0 atom stereocenters. The molecule has 0 saturated carbocycles. The molecule has 0 aliphatic carbocycles. The molecule has 142 valence electrons. The van der Waals surface area contributed by atoms with Gasteiger partial charge < -0.3 is 4.74 Å². The van der Waals surface area contributed by atoms with Crippen molar-refractivity contribution in [2.45, 2.75) is 0 Å². The van der Waals surface area contributed by atoms with Crippen LogP contribution in [0.4, 0.5) is 22.0 Å². The first-order valence-electron chi connectivity index (χ1n) is 7.95. The number of esters is 1. The third kappa shape index (κ3) is 3.93. The third-order valence-electron chi connectivity index (χ3n) is 3.78. The molecule has 0 aliphatic heterocycles. The van der Waals surface area contributed by atoms with Gasteiger partial charge in [-0.1, -0.05) is 54.6 Å². The van der Waals surface area contributed by atoms with Gasteiger partial charge in [0.15, 0.2) is 0 Å². The fourth-order valence-electron chi connectivity index (χ4n) is 2.31. The molecule has 28 heavy (non-hydrogen) atoms. The van der Waals surface area contributed by atoms with Crippen LogP contribution in [0, 0.1) is 29.1 Å². The van der Waals surface area contributed by atoms with Gasteiger partial charge in [0.1, 0.15) is 0 Å². The molecule has 3 aromatic rings. The summed E-state index contributed by atoms with van der Waals surface area (Å²) in [5.74, 6) is -14.0. The molecule has 0 radical (unpaired) electrons. The normalized spacial score (nSPS) is 11.0. The minimum Gasteiger partial charge on any atom is -0.416 e. The van der Waals surface area contributed by atoms with Gasteiger partial charge in [0, 0.05) is 0 Å². The molecular formula is C21H11F5O2. The van der Waals surface area contributed by atoms with Crippen LogP contribution in [0.3, 0.4) is 0 Å². The summed E-state index contributed by atoms with van der Waals surface area (Å²) in [6.45, 7) is 0. The van der Waals surface area contributed by atoms with E-state index in [4.69, 9.17) is 0 Å². The quantitative estimate of drug-likeness (QED) is 0.141. The molecule has 0 saturated heterocycles. The van der Waals surface area contributed by atoms with E-state index in [1.165, 1.54) is 24.3 Å². The van der Waals surface area contributed by atoms with E-state index < -0.39 is 40.8 Å². The predicted octanol–water partition coefficient (Wildman–Crippen LogP) is 5.77. The average molecular weight is 390 g/mol. The Balaban J connectivity index is 1.78. The van der Waals surface area contributed by atoms with Crippen LogP contribution >= 0.6 is 0 Å². The van der Waals surface area contributed by atoms with E-state index in [-0.39, 0.29) is 5.56 Å². The Morgan fingerprint density at radius 3 is 1.64 bits per heavy atom. The Hall–Kier alpha value is -3.48. The first-order chi connectivity index (χ1) is 13.4. The van der Waals surface area contributed by atoms with Crippen LogP contribution in [0.2, 0.25) is 0 Å². The highest BCUT2D eigenvalue weighted by molar-refractivity contribution is 5.91. The van der Waals surface area contributed by atoms with Gasteiger partial charge in [-0.05, 0) is 23.3 Å². The first kappa shape index (κ1) is 19.3. The molecule has 0 aromatic heterocycles. The second-order valence-corrected chi connectivity index (χ2v) is 5.65. The SMILES string of the molecule is O=C(Oc1c(F)c(F)c(F)c(F)c1F)c1ccc(/C=C/c2ccccc2)cc1. The third-order valence-corrected chi connectivity index (χ3v) is 3.78. The molecule has 0 bridgehead atoms. The summed E-state index contributed by atoms with van der Waals surface area (Å²) in [5.41, 5.74) is 1.55. The lowest BCUT2D eigenvalue weighted by atomic mass is 10.1. The lowest BCUT2D eigenvalue weighted by Gasteiger charge is -2.09. The Kier molecular flexibility index (Phi) is 5.54. The Labute approximate surface area is 156 Å². The van der Waals surface area contributed by atoms with Crippen molar-refractivity contribution in [3.05, 3.63) is 100 Å². The number of ether oxygens (including phenoxy) is 1. The van der Waals surface area contributed by atoms with Crippen molar-refractivity contribution < 1.29 is 31.5 Å². The summed E-state index contributed by atoms with van der Waals surface area (Å²) in [7, 11) is 0. The lowest BCUT2D eigenvalue weighted by Crippen LogP contribution is -2.13. The second kappa shape index (κ2) is 8.04. The van der Waals surface area contributed by atoms with E-state index in [0.29, 0.717) is 0 Å². The van der Waals surface area contributed by atoms with Crippen LogP contribution in [0.5, 0.6) is 5.75 Å². The zero-order chi connectivity index (χ0) is 20.3. The van der Waals surface area contributed by atoms with Crippen LogP contribution in [0.25, 0.3) is 12.2 Å². The van der Waals surface area contributed by atoms with Gasteiger partial charge in [0.25, 0.3) is 0 Å². The number of rotatable bonds is 4. The summed E-state index contributed by atoms with van der Waals surface area (Å²) >= 11 is 0. The smallest absolute Gasteiger partial charge is 0.343 e. The molecule has 0 fully saturated rings. The van der Waals surface area contributed by atoms with E-state index in [1.54, 1.807) is 6.08 Å². The largest absolute Gasteiger partial charge is 0.416 e. The van der Waals surface area contributed by atoms with Crippen molar-refractivity contribution in [3.8, 4) is 5.75 Å². The Morgan fingerprint density at radius 2 is 1.11 bits per heavy atom. The molecule has 7 heteroatoms.